The summed E-state index contributed by atoms with van der Waals surface area (Å²) in [7, 11) is 0. The highest BCUT2D eigenvalue weighted by Crippen LogP contribution is 2.19. The van der Waals surface area contributed by atoms with E-state index in [1.54, 1.807) is 0 Å². The molecule has 1 amide bonds. The lowest BCUT2D eigenvalue weighted by Gasteiger charge is -2.23. The SMILES string of the molecule is CCCCCCCCCOC(=O)CCCCCCCN(CCCCCCCC(=O)OC(CCCCCCCC)CCCCCCCC)C(=O)CCOCCOCCOCC. The van der Waals surface area contributed by atoms with Crippen molar-refractivity contribution in [1.29, 1.82) is 0 Å². The Balaban J connectivity index is 4.52. The Hall–Kier alpha value is -1.71. The van der Waals surface area contributed by atoms with Gasteiger partial charge in [-0.2, -0.15) is 0 Å². The Labute approximate surface area is 371 Å². The molecule has 0 atom stereocenters. The zero-order valence-electron chi connectivity index (χ0n) is 40.2. The maximum absolute atomic E-state index is 13.3. The van der Waals surface area contributed by atoms with Crippen molar-refractivity contribution in [2.75, 3.05) is 59.3 Å². The molecule has 0 aromatic heterocycles. The van der Waals surface area contributed by atoms with Crippen molar-refractivity contribution in [2.24, 2.45) is 0 Å². The molecule has 0 bridgehead atoms. The first-order valence-corrected chi connectivity index (χ1v) is 25.8. The topological polar surface area (TPSA) is 101 Å². The Morgan fingerprint density at radius 1 is 0.383 bits per heavy atom. The van der Waals surface area contributed by atoms with Crippen LogP contribution in [-0.2, 0) is 38.1 Å². The molecule has 0 saturated heterocycles. The first kappa shape index (κ1) is 58.3. The van der Waals surface area contributed by atoms with Gasteiger partial charge in [-0.1, -0.05) is 162 Å². The van der Waals surface area contributed by atoms with Crippen molar-refractivity contribution < 1.29 is 38.1 Å². The molecule has 0 unspecified atom stereocenters. The molecule has 0 spiro atoms. The maximum atomic E-state index is 13.3. The van der Waals surface area contributed by atoms with Gasteiger partial charge in [0.25, 0.3) is 0 Å². The first-order chi connectivity index (χ1) is 29.5. The summed E-state index contributed by atoms with van der Waals surface area (Å²) in [6.45, 7) is 14.0. The van der Waals surface area contributed by atoms with Crippen LogP contribution >= 0.6 is 0 Å². The number of carbonyl (C=O) groups is 3. The molecule has 0 rings (SSSR count). The van der Waals surface area contributed by atoms with Crippen LogP contribution in [0, 0.1) is 0 Å². The van der Waals surface area contributed by atoms with Gasteiger partial charge in [-0.15, -0.1) is 0 Å². The molecule has 0 aliphatic rings. The van der Waals surface area contributed by atoms with Crippen LogP contribution in [0.3, 0.4) is 0 Å². The predicted octanol–water partition coefficient (Wildman–Crippen LogP) is 13.7. The molecule has 0 N–H and O–H groups in total. The number of hydrogen-bond donors (Lipinski definition) is 0. The van der Waals surface area contributed by atoms with Gasteiger partial charge in [0.2, 0.25) is 5.91 Å². The number of amides is 1. The van der Waals surface area contributed by atoms with Crippen molar-refractivity contribution in [3.8, 4) is 0 Å². The average Bonchev–Trinajstić information content (AvgIpc) is 3.24. The number of hydrogen-bond acceptors (Lipinski definition) is 8. The van der Waals surface area contributed by atoms with Crippen molar-refractivity contribution in [3.05, 3.63) is 0 Å². The maximum Gasteiger partial charge on any atom is 0.306 e. The normalized spacial score (nSPS) is 11.4. The van der Waals surface area contributed by atoms with Crippen LogP contribution in [0.4, 0.5) is 0 Å². The van der Waals surface area contributed by atoms with Crippen molar-refractivity contribution >= 4 is 17.8 Å². The second kappa shape index (κ2) is 48.3. The highest BCUT2D eigenvalue weighted by molar-refractivity contribution is 5.76. The van der Waals surface area contributed by atoms with Crippen molar-refractivity contribution in [1.82, 2.24) is 4.90 Å². The number of carbonyl (C=O) groups excluding carboxylic acids is 3. The summed E-state index contributed by atoms with van der Waals surface area (Å²) in [6.07, 6.45) is 37.1. The fourth-order valence-electron chi connectivity index (χ4n) is 7.60. The van der Waals surface area contributed by atoms with Crippen molar-refractivity contribution in [2.45, 2.75) is 252 Å². The van der Waals surface area contributed by atoms with E-state index < -0.39 is 0 Å². The van der Waals surface area contributed by atoms with Gasteiger partial charge in [-0.25, -0.2) is 0 Å². The molecule has 0 aliphatic carbocycles. The Morgan fingerprint density at radius 3 is 1.28 bits per heavy atom. The lowest BCUT2D eigenvalue weighted by atomic mass is 10.0. The number of nitrogens with zero attached hydrogens (tertiary/aromatic N) is 1. The number of esters is 2. The Bertz CT molecular complexity index is 902. The van der Waals surface area contributed by atoms with Crippen molar-refractivity contribution in [3.63, 3.8) is 0 Å². The summed E-state index contributed by atoms with van der Waals surface area (Å²) in [5, 5.41) is 0. The fraction of sp³-hybridized carbons (Fsp3) is 0.941. The summed E-state index contributed by atoms with van der Waals surface area (Å²) >= 11 is 0. The molecule has 0 heterocycles. The minimum atomic E-state index is -0.0665. The molecule has 0 fully saturated rings. The first-order valence-electron chi connectivity index (χ1n) is 25.8. The Kier molecular flexibility index (Phi) is 46.9. The van der Waals surface area contributed by atoms with Gasteiger partial charge >= 0.3 is 11.9 Å². The van der Waals surface area contributed by atoms with E-state index in [0.717, 1.165) is 116 Å². The fourth-order valence-corrected chi connectivity index (χ4v) is 7.60. The standard InChI is InChI=1S/C51H99NO8/c1-5-9-12-15-18-27-34-42-59-50(54)37-30-23-19-25-32-40-52(49(53)39-43-57-46-47-58-45-44-56-8-4)41-33-26-20-24-31-38-51(55)60-48(35-28-21-16-13-10-6-2)36-29-22-17-14-11-7-3/h48H,5-47H2,1-4H3. The molecule has 0 aliphatic heterocycles. The van der Waals surface area contributed by atoms with Gasteiger partial charge in [0.1, 0.15) is 6.10 Å². The van der Waals surface area contributed by atoms with Gasteiger partial charge in [0, 0.05) is 32.5 Å². The number of ether oxygens (including phenoxy) is 5. The number of unbranched alkanes of at least 4 members (excludes halogenated alkanes) is 24. The Morgan fingerprint density at radius 2 is 0.783 bits per heavy atom. The van der Waals surface area contributed by atoms with Crippen LogP contribution < -0.4 is 0 Å². The van der Waals surface area contributed by atoms with E-state index in [0.29, 0.717) is 65.5 Å². The molecule has 356 valence electrons. The molecule has 0 aromatic carbocycles. The van der Waals surface area contributed by atoms with Crippen LogP contribution in [-0.4, -0.2) is 88.2 Å². The predicted molar refractivity (Wildman–Crippen MR) is 250 cm³/mol. The summed E-state index contributed by atoms with van der Waals surface area (Å²) in [4.78, 5) is 40.3. The van der Waals surface area contributed by atoms with Gasteiger partial charge in [-0.3, -0.25) is 14.4 Å². The molecule has 60 heavy (non-hydrogen) atoms. The second-order valence-corrected chi connectivity index (χ2v) is 17.2. The zero-order valence-corrected chi connectivity index (χ0v) is 40.2. The third-order valence-electron chi connectivity index (χ3n) is 11.4. The van der Waals surface area contributed by atoms with E-state index in [4.69, 9.17) is 23.7 Å². The van der Waals surface area contributed by atoms with E-state index in [9.17, 15) is 14.4 Å². The van der Waals surface area contributed by atoms with Gasteiger partial charge < -0.3 is 28.6 Å². The molecule has 0 saturated carbocycles. The van der Waals surface area contributed by atoms with Crippen LogP contribution in [0.1, 0.15) is 246 Å². The molecule has 9 heteroatoms. The second-order valence-electron chi connectivity index (χ2n) is 17.2. The van der Waals surface area contributed by atoms with E-state index in [1.165, 1.54) is 96.3 Å². The van der Waals surface area contributed by atoms with E-state index in [2.05, 4.69) is 20.8 Å². The van der Waals surface area contributed by atoms with Gasteiger partial charge in [0.15, 0.2) is 0 Å². The van der Waals surface area contributed by atoms with Crippen LogP contribution in [0.2, 0.25) is 0 Å². The largest absolute Gasteiger partial charge is 0.466 e. The molecular formula is C51H99NO8. The van der Waals surface area contributed by atoms with Crippen LogP contribution in [0.15, 0.2) is 0 Å². The van der Waals surface area contributed by atoms with E-state index in [1.807, 2.05) is 11.8 Å². The van der Waals surface area contributed by atoms with E-state index >= 15 is 0 Å². The monoisotopic (exact) mass is 854 g/mol. The third kappa shape index (κ3) is 43.0. The third-order valence-corrected chi connectivity index (χ3v) is 11.4. The summed E-state index contributed by atoms with van der Waals surface area (Å²) in [5.41, 5.74) is 0. The lowest BCUT2D eigenvalue weighted by Crippen LogP contribution is -2.33. The summed E-state index contributed by atoms with van der Waals surface area (Å²) in [6, 6.07) is 0. The number of rotatable bonds is 49. The molecule has 0 aromatic rings. The summed E-state index contributed by atoms with van der Waals surface area (Å²) < 4.78 is 28.0. The highest BCUT2D eigenvalue weighted by Gasteiger charge is 2.15. The van der Waals surface area contributed by atoms with Gasteiger partial charge in [0.05, 0.1) is 46.1 Å². The minimum absolute atomic E-state index is 0.0215. The molecule has 0 radical (unpaired) electrons. The lowest BCUT2D eigenvalue weighted by molar-refractivity contribution is -0.150. The minimum Gasteiger partial charge on any atom is -0.466 e. The van der Waals surface area contributed by atoms with Crippen LogP contribution in [0.5, 0.6) is 0 Å². The molecule has 9 nitrogen and oxygen atoms in total. The zero-order chi connectivity index (χ0) is 43.8. The van der Waals surface area contributed by atoms with Crippen LogP contribution in [0.25, 0.3) is 0 Å². The quantitative estimate of drug-likeness (QED) is 0.0441. The summed E-state index contributed by atoms with van der Waals surface area (Å²) in [5.74, 6) is 0.0603. The molecular weight excluding hydrogens is 755 g/mol. The van der Waals surface area contributed by atoms with Gasteiger partial charge in [-0.05, 0) is 64.7 Å². The van der Waals surface area contributed by atoms with E-state index in [-0.39, 0.29) is 23.9 Å². The smallest absolute Gasteiger partial charge is 0.306 e. The average molecular weight is 854 g/mol. The highest BCUT2D eigenvalue weighted by atomic mass is 16.5.